The van der Waals surface area contributed by atoms with Crippen LogP contribution in [0.5, 0.6) is 23.0 Å². The Morgan fingerprint density at radius 1 is 0.895 bits per heavy atom. The molecule has 0 aliphatic rings. The van der Waals surface area contributed by atoms with Gasteiger partial charge in [0, 0.05) is 42.2 Å². The lowest BCUT2D eigenvalue weighted by molar-refractivity contribution is -0.111. The largest absolute Gasteiger partial charge is 0.457 e. The number of nitrogens with zero attached hydrogens (tertiary/aromatic N) is 2. The van der Waals surface area contributed by atoms with Gasteiger partial charge in [-0.3, -0.25) is 9.78 Å². The maximum atomic E-state index is 12.2. The van der Waals surface area contributed by atoms with Crippen molar-refractivity contribution in [2.24, 2.45) is 0 Å². The molecule has 0 aliphatic carbocycles. The summed E-state index contributed by atoms with van der Waals surface area (Å²) in [6.07, 6.45) is 5.03. The molecule has 0 saturated heterocycles. The predicted molar refractivity (Wildman–Crippen MR) is 149 cm³/mol. The third kappa shape index (κ3) is 6.27. The molecule has 5 aromatic rings. The molecule has 0 aliphatic heterocycles. The number of fused-ring (bicyclic) bond motifs is 1. The molecule has 1 amide bonds. The van der Waals surface area contributed by atoms with Crippen molar-refractivity contribution in [1.29, 1.82) is 0 Å². The zero-order chi connectivity index (χ0) is 26.3. The van der Waals surface area contributed by atoms with Crippen molar-refractivity contribution in [2.75, 3.05) is 26.0 Å². The predicted octanol–water partition coefficient (Wildman–Crippen LogP) is 7.14. The number of pyridine rings is 1. The average Bonchev–Trinajstić information content (AvgIpc) is 3.36. The van der Waals surface area contributed by atoms with Gasteiger partial charge in [-0.2, -0.15) is 0 Å². The minimum Gasteiger partial charge on any atom is -0.457 e. The molecule has 7 heteroatoms. The fourth-order valence-corrected chi connectivity index (χ4v) is 3.77. The van der Waals surface area contributed by atoms with E-state index in [9.17, 15) is 4.79 Å². The highest BCUT2D eigenvalue weighted by molar-refractivity contribution is 5.99. The lowest BCUT2D eigenvalue weighted by atomic mass is 10.1. The number of benzene rings is 3. The third-order valence-electron chi connectivity index (χ3n) is 5.56. The van der Waals surface area contributed by atoms with Crippen LogP contribution in [0.1, 0.15) is 0 Å². The molecule has 2 heterocycles. The molecule has 0 radical (unpaired) electrons. The fourth-order valence-electron chi connectivity index (χ4n) is 3.77. The zero-order valence-corrected chi connectivity index (χ0v) is 21.1. The molecule has 0 bridgehead atoms. The molecule has 0 fully saturated rings. The number of hydrogen-bond donors (Lipinski definition) is 1. The van der Waals surface area contributed by atoms with Crippen LogP contribution in [0.2, 0.25) is 0 Å². The molecule has 0 saturated carbocycles. The van der Waals surface area contributed by atoms with E-state index in [0.29, 0.717) is 46.3 Å². The van der Waals surface area contributed by atoms with Crippen LogP contribution in [0, 0.1) is 0 Å². The van der Waals surface area contributed by atoms with Crippen molar-refractivity contribution in [3.63, 3.8) is 0 Å². The normalized spacial score (nSPS) is 11.2. The lowest BCUT2D eigenvalue weighted by Gasteiger charge is -2.08. The number of para-hydroxylation sites is 1. The minimum atomic E-state index is -0.189. The first-order valence-electron chi connectivity index (χ1n) is 12.2. The van der Waals surface area contributed by atoms with E-state index in [1.54, 1.807) is 12.3 Å². The topological polar surface area (TPSA) is 76.8 Å². The van der Waals surface area contributed by atoms with E-state index >= 15 is 0 Å². The van der Waals surface area contributed by atoms with Crippen LogP contribution in [0.25, 0.3) is 22.4 Å². The Bertz CT molecular complexity index is 1560. The van der Waals surface area contributed by atoms with Crippen LogP contribution >= 0.6 is 0 Å². The number of likely N-dealkylation sites (N-methyl/N-ethyl adjacent to an activating group) is 1. The first-order chi connectivity index (χ1) is 18.5. The molecule has 3 aromatic carbocycles. The van der Waals surface area contributed by atoms with Gasteiger partial charge in [-0.15, -0.1) is 0 Å². The van der Waals surface area contributed by atoms with Gasteiger partial charge < -0.3 is 24.1 Å². The van der Waals surface area contributed by atoms with Gasteiger partial charge in [-0.1, -0.05) is 36.4 Å². The Hall–Kier alpha value is -4.88. The van der Waals surface area contributed by atoms with Gasteiger partial charge in [-0.25, -0.2) is 0 Å². The van der Waals surface area contributed by atoms with E-state index < -0.39 is 0 Å². The van der Waals surface area contributed by atoms with Gasteiger partial charge >= 0.3 is 0 Å². The zero-order valence-electron chi connectivity index (χ0n) is 21.1. The molecule has 5 rings (SSSR count). The summed E-state index contributed by atoms with van der Waals surface area (Å²) >= 11 is 0. The quantitative estimate of drug-likeness (QED) is 0.215. The van der Waals surface area contributed by atoms with Crippen LogP contribution in [0.3, 0.4) is 0 Å². The number of anilines is 1. The Morgan fingerprint density at radius 3 is 2.39 bits per heavy atom. The van der Waals surface area contributed by atoms with E-state index in [0.717, 1.165) is 11.3 Å². The Kier molecular flexibility index (Phi) is 7.47. The van der Waals surface area contributed by atoms with E-state index in [4.69, 9.17) is 13.9 Å². The second-order valence-corrected chi connectivity index (χ2v) is 8.86. The summed E-state index contributed by atoms with van der Waals surface area (Å²) in [5.74, 6) is 3.10. The smallest absolute Gasteiger partial charge is 0.248 e. The highest BCUT2D eigenvalue weighted by Gasteiger charge is 2.13. The molecule has 0 spiro atoms. The van der Waals surface area contributed by atoms with Crippen molar-refractivity contribution in [1.82, 2.24) is 9.88 Å². The summed E-state index contributed by atoms with van der Waals surface area (Å²) in [5.41, 5.74) is 2.69. The van der Waals surface area contributed by atoms with Crippen LogP contribution in [-0.4, -0.2) is 36.4 Å². The fraction of sp³-hybridized carbons (Fsp3) is 0.0968. The Balaban J connectivity index is 1.31. The highest BCUT2D eigenvalue weighted by Crippen LogP contribution is 2.35. The van der Waals surface area contributed by atoms with Crippen molar-refractivity contribution in [2.45, 2.75) is 0 Å². The number of carbonyl (C=O) groups is 1. The summed E-state index contributed by atoms with van der Waals surface area (Å²) in [4.78, 5) is 18.7. The molecular formula is C31H27N3O4. The second-order valence-electron chi connectivity index (χ2n) is 8.86. The van der Waals surface area contributed by atoms with Gasteiger partial charge in [0.05, 0.1) is 0 Å². The maximum absolute atomic E-state index is 12.2. The standard InChI is InChI=1S/C31H27N3O4/c1-34(2)19-7-12-30(35)33-23-9-6-8-22(20-23)29-21-27-31(38-29)28(17-18-32-27)37-26-15-13-25(14-16-26)36-24-10-4-3-5-11-24/h3-18,20-21H,19H2,1-2H3,(H,33,35). The number of hydrogen-bond acceptors (Lipinski definition) is 6. The van der Waals surface area contributed by atoms with Crippen LogP contribution in [0.15, 0.2) is 114 Å². The number of amides is 1. The van der Waals surface area contributed by atoms with Gasteiger partial charge in [0.25, 0.3) is 0 Å². The molecule has 1 N–H and O–H groups in total. The summed E-state index contributed by atoms with van der Waals surface area (Å²) in [5, 5.41) is 2.89. The van der Waals surface area contributed by atoms with Gasteiger partial charge in [-0.05, 0) is 62.6 Å². The number of nitrogens with one attached hydrogen (secondary N) is 1. The first kappa shape index (κ1) is 24.8. The van der Waals surface area contributed by atoms with E-state index in [-0.39, 0.29) is 5.91 Å². The SMILES string of the molecule is CN(C)CC=CC(=O)Nc1cccc(-c2cc3nccc(Oc4ccc(Oc5ccccc5)cc4)c3o2)c1. The summed E-state index contributed by atoms with van der Waals surface area (Å²) < 4.78 is 18.1. The average molecular weight is 506 g/mol. The molecule has 0 atom stereocenters. The second kappa shape index (κ2) is 11.5. The lowest BCUT2D eigenvalue weighted by Crippen LogP contribution is -2.12. The number of furan rings is 1. The van der Waals surface area contributed by atoms with E-state index in [2.05, 4.69) is 10.3 Å². The Labute approximate surface area is 220 Å². The molecule has 190 valence electrons. The summed E-state index contributed by atoms with van der Waals surface area (Å²) in [6, 6.07) is 28.1. The third-order valence-corrected chi connectivity index (χ3v) is 5.56. The molecule has 2 aromatic heterocycles. The summed E-state index contributed by atoms with van der Waals surface area (Å²) in [7, 11) is 3.89. The van der Waals surface area contributed by atoms with Crippen molar-refractivity contribution in [3.05, 3.63) is 109 Å². The Morgan fingerprint density at radius 2 is 1.63 bits per heavy atom. The van der Waals surface area contributed by atoms with E-state index in [1.807, 2.05) is 110 Å². The van der Waals surface area contributed by atoms with Crippen molar-refractivity contribution in [3.8, 4) is 34.3 Å². The maximum Gasteiger partial charge on any atom is 0.248 e. The van der Waals surface area contributed by atoms with Gasteiger partial charge in [0.15, 0.2) is 11.3 Å². The summed E-state index contributed by atoms with van der Waals surface area (Å²) in [6.45, 7) is 0.690. The van der Waals surface area contributed by atoms with Gasteiger partial charge in [0.2, 0.25) is 5.91 Å². The number of ether oxygens (including phenoxy) is 2. The van der Waals surface area contributed by atoms with Crippen LogP contribution in [-0.2, 0) is 4.79 Å². The molecule has 0 unspecified atom stereocenters. The minimum absolute atomic E-state index is 0.189. The highest BCUT2D eigenvalue weighted by atomic mass is 16.5. The first-order valence-corrected chi connectivity index (χ1v) is 12.2. The number of carbonyl (C=O) groups excluding carboxylic acids is 1. The van der Waals surface area contributed by atoms with Crippen molar-refractivity contribution >= 4 is 22.7 Å². The number of rotatable bonds is 9. The molecule has 7 nitrogen and oxygen atoms in total. The van der Waals surface area contributed by atoms with E-state index in [1.165, 1.54) is 6.08 Å². The van der Waals surface area contributed by atoms with Gasteiger partial charge in [0.1, 0.15) is 28.5 Å². The molecule has 38 heavy (non-hydrogen) atoms. The van der Waals surface area contributed by atoms with Crippen LogP contribution in [0.4, 0.5) is 5.69 Å². The monoisotopic (exact) mass is 505 g/mol. The number of aromatic nitrogens is 1. The van der Waals surface area contributed by atoms with Crippen LogP contribution < -0.4 is 14.8 Å². The molecular weight excluding hydrogens is 478 g/mol. The van der Waals surface area contributed by atoms with Crippen molar-refractivity contribution < 1.29 is 18.7 Å².